The van der Waals surface area contributed by atoms with Crippen LogP contribution in [-0.4, -0.2) is 11.8 Å². The zero-order chi connectivity index (χ0) is 17.6. The zero-order valence-corrected chi connectivity index (χ0v) is 14.5. The molecule has 1 aliphatic heterocycles. The van der Waals surface area contributed by atoms with Crippen LogP contribution < -0.4 is 10.6 Å². The predicted octanol–water partition coefficient (Wildman–Crippen LogP) is 4.05. The first-order chi connectivity index (χ1) is 11.9. The molecule has 2 aliphatic rings. The Morgan fingerprint density at radius 1 is 1.16 bits per heavy atom. The second kappa shape index (κ2) is 5.73. The van der Waals surface area contributed by atoms with Gasteiger partial charge in [0.25, 0.3) is 0 Å². The number of anilines is 2. The molecule has 2 N–H and O–H groups in total. The third-order valence-electron chi connectivity index (χ3n) is 5.25. The molecule has 0 spiro atoms. The molecule has 0 unspecified atom stereocenters. The first-order valence-electron chi connectivity index (χ1n) is 8.74. The molecule has 0 radical (unpaired) electrons. The molecular formula is C21H22N2O2. The van der Waals surface area contributed by atoms with E-state index in [1.165, 1.54) is 5.56 Å². The Bertz CT molecular complexity index is 842. The molecule has 2 amide bonds. The summed E-state index contributed by atoms with van der Waals surface area (Å²) in [7, 11) is 0. The smallest absolute Gasteiger partial charge is 0.228 e. The normalized spacial score (nSPS) is 23.4. The summed E-state index contributed by atoms with van der Waals surface area (Å²) in [6.07, 6.45) is 1.36. The lowest BCUT2D eigenvalue weighted by molar-refractivity contribution is -0.118. The molecule has 0 saturated heterocycles. The largest absolute Gasteiger partial charge is 0.326 e. The summed E-state index contributed by atoms with van der Waals surface area (Å²) >= 11 is 0. The zero-order valence-electron chi connectivity index (χ0n) is 14.5. The number of hydrogen-bond acceptors (Lipinski definition) is 2. The summed E-state index contributed by atoms with van der Waals surface area (Å²) in [6.45, 7) is 4.12. The number of rotatable bonds is 3. The molecule has 0 aromatic heterocycles. The maximum absolute atomic E-state index is 12.6. The second-order valence-electron chi connectivity index (χ2n) is 7.72. The van der Waals surface area contributed by atoms with E-state index in [1.54, 1.807) is 0 Å². The van der Waals surface area contributed by atoms with Crippen molar-refractivity contribution >= 4 is 23.2 Å². The minimum atomic E-state index is -0.232. The number of benzene rings is 2. The summed E-state index contributed by atoms with van der Waals surface area (Å²) in [5.41, 5.74) is 3.71. The molecule has 2 atom stereocenters. The highest BCUT2D eigenvalue weighted by atomic mass is 16.2. The Labute approximate surface area is 147 Å². The molecule has 2 aromatic rings. The van der Waals surface area contributed by atoms with Crippen molar-refractivity contribution in [3.63, 3.8) is 0 Å². The van der Waals surface area contributed by atoms with Crippen LogP contribution in [0.15, 0.2) is 48.5 Å². The van der Waals surface area contributed by atoms with Crippen molar-refractivity contribution in [2.45, 2.75) is 38.0 Å². The number of fused-ring (bicyclic) bond motifs is 1. The van der Waals surface area contributed by atoms with Crippen molar-refractivity contribution in [1.82, 2.24) is 0 Å². The van der Waals surface area contributed by atoms with Gasteiger partial charge in [0.1, 0.15) is 0 Å². The van der Waals surface area contributed by atoms with Crippen LogP contribution in [0.25, 0.3) is 0 Å². The molecule has 128 valence electrons. The fourth-order valence-corrected chi connectivity index (χ4v) is 3.77. The molecular weight excluding hydrogens is 312 g/mol. The van der Waals surface area contributed by atoms with Crippen LogP contribution >= 0.6 is 0 Å². The molecule has 4 rings (SSSR count). The summed E-state index contributed by atoms with van der Waals surface area (Å²) in [4.78, 5) is 24.4. The minimum absolute atomic E-state index is 0.0398. The van der Waals surface area contributed by atoms with Crippen molar-refractivity contribution in [2.75, 3.05) is 10.6 Å². The van der Waals surface area contributed by atoms with Crippen LogP contribution in [-0.2, 0) is 15.0 Å². The lowest BCUT2D eigenvalue weighted by Crippen LogP contribution is -2.32. The van der Waals surface area contributed by atoms with Crippen LogP contribution in [0.3, 0.4) is 0 Å². The SMILES string of the molecule is CC1(C)CC(=O)Nc2ccc(NC(=O)[C@@H]3C[C@H]3c3ccccc3)cc21. The molecule has 1 saturated carbocycles. The third kappa shape index (κ3) is 3.04. The number of carbonyl (C=O) groups is 2. The Kier molecular flexibility index (Phi) is 3.64. The second-order valence-corrected chi connectivity index (χ2v) is 7.72. The number of carbonyl (C=O) groups excluding carboxylic acids is 2. The third-order valence-corrected chi connectivity index (χ3v) is 5.25. The van der Waals surface area contributed by atoms with E-state index in [-0.39, 0.29) is 23.1 Å². The average Bonchev–Trinajstić information content (AvgIpc) is 3.36. The van der Waals surface area contributed by atoms with Gasteiger partial charge in [-0.05, 0) is 41.7 Å². The highest BCUT2D eigenvalue weighted by molar-refractivity contribution is 5.98. The van der Waals surface area contributed by atoms with Crippen molar-refractivity contribution in [1.29, 1.82) is 0 Å². The Morgan fingerprint density at radius 2 is 1.92 bits per heavy atom. The predicted molar refractivity (Wildman–Crippen MR) is 98.6 cm³/mol. The van der Waals surface area contributed by atoms with Crippen LogP contribution in [0.4, 0.5) is 11.4 Å². The Balaban J connectivity index is 1.49. The summed E-state index contributed by atoms with van der Waals surface area (Å²) < 4.78 is 0. The maximum Gasteiger partial charge on any atom is 0.228 e. The van der Waals surface area contributed by atoms with Crippen LogP contribution in [0.5, 0.6) is 0 Å². The molecule has 0 bridgehead atoms. The van der Waals surface area contributed by atoms with E-state index in [2.05, 4.69) is 36.6 Å². The lowest BCUT2D eigenvalue weighted by Gasteiger charge is -2.32. The molecule has 4 nitrogen and oxygen atoms in total. The van der Waals surface area contributed by atoms with Gasteiger partial charge >= 0.3 is 0 Å². The number of hydrogen-bond donors (Lipinski definition) is 2. The van der Waals surface area contributed by atoms with E-state index in [4.69, 9.17) is 0 Å². The van der Waals surface area contributed by atoms with Gasteiger partial charge in [-0.1, -0.05) is 44.2 Å². The van der Waals surface area contributed by atoms with Crippen molar-refractivity contribution in [3.8, 4) is 0 Å². The van der Waals surface area contributed by atoms with Gasteiger partial charge in [-0.25, -0.2) is 0 Å². The Hall–Kier alpha value is -2.62. The first-order valence-corrected chi connectivity index (χ1v) is 8.74. The molecule has 1 heterocycles. The van der Waals surface area contributed by atoms with E-state index < -0.39 is 0 Å². The van der Waals surface area contributed by atoms with Gasteiger partial charge < -0.3 is 10.6 Å². The van der Waals surface area contributed by atoms with Crippen molar-refractivity contribution < 1.29 is 9.59 Å². The lowest BCUT2D eigenvalue weighted by atomic mass is 9.78. The van der Waals surface area contributed by atoms with E-state index >= 15 is 0 Å². The van der Waals surface area contributed by atoms with Crippen LogP contribution in [0.1, 0.15) is 43.7 Å². The van der Waals surface area contributed by atoms with E-state index in [0.29, 0.717) is 12.3 Å². The van der Waals surface area contributed by atoms with Crippen LogP contribution in [0, 0.1) is 5.92 Å². The van der Waals surface area contributed by atoms with E-state index in [0.717, 1.165) is 23.4 Å². The van der Waals surface area contributed by atoms with Gasteiger partial charge in [0.15, 0.2) is 0 Å². The van der Waals surface area contributed by atoms with Crippen molar-refractivity contribution in [2.24, 2.45) is 5.92 Å². The highest BCUT2D eigenvalue weighted by Gasteiger charge is 2.44. The summed E-state index contributed by atoms with van der Waals surface area (Å²) in [5.74, 6) is 0.491. The topological polar surface area (TPSA) is 58.2 Å². The first kappa shape index (κ1) is 15.9. The highest BCUT2D eigenvalue weighted by Crippen LogP contribution is 2.48. The van der Waals surface area contributed by atoms with Gasteiger partial charge in [-0.2, -0.15) is 0 Å². The fourth-order valence-electron chi connectivity index (χ4n) is 3.77. The molecule has 2 aromatic carbocycles. The van der Waals surface area contributed by atoms with Gasteiger partial charge in [0.05, 0.1) is 0 Å². The maximum atomic E-state index is 12.6. The number of amides is 2. The molecule has 1 fully saturated rings. The molecule has 1 aliphatic carbocycles. The van der Waals surface area contributed by atoms with E-state index in [9.17, 15) is 9.59 Å². The van der Waals surface area contributed by atoms with Gasteiger partial charge in [-0.3, -0.25) is 9.59 Å². The summed E-state index contributed by atoms with van der Waals surface area (Å²) in [6, 6.07) is 15.9. The van der Waals surface area contributed by atoms with E-state index in [1.807, 2.05) is 36.4 Å². The molecule has 4 heteroatoms. The van der Waals surface area contributed by atoms with Crippen LogP contribution in [0.2, 0.25) is 0 Å². The molecule has 25 heavy (non-hydrogen) atoms. The van der Waals surface area contributed by atoms with Gasteiger partial charge in [0.2, 0.25) is 11.8 Å². The quantitative estimate of drug-likeness (QED) is 0.890. The standard InChI is InChI=1S/C21H22N2O2/c1-21(2)12-19(24)23-18-9-8-14(10-17(18)21)22-20(25)16-11-15(16)13-6-4-3-5-7-13/h3-10,15-16H,11-12H2,1-2H3,(H,22,25)(H,23,24)/t15-,16+/m0/s1. The van der Waals surface area contributed by atoms with Gasteiger partial charge in [-0.15, -0.1) is 0 Å². The monoisotopic (exact) mass is 334 g/mol. The summed E-state index contributed by atoms with van der Waals surface area (Å²) in [5, 5.41) is 5.96. The van der Waals surface area contributed by atoms with Gasteiger partial charge in [0, 0.05) is 29.1 Å². The number of nitrogens with one attached hydrogen (secondary N) is 2. The fraction of sp³-hybridized carbons (Fsp3) is 0.333. The average molecular weight is 334 g/mol. The minimum Gasteiger partial charge on any atom is -0.326 e. The Morgan fingerprint density at radius 3 is 2.68 bits per heavy atom. The van der Waals surface area contributed by atoms with Crippen molar-refractivity contribution in [3.05, 3.63) is 59.7 Å².